The molecule has 1 saturated heterocycles. The number of pyridine rings is 1. The van der Waals surface area contributed by atoms with Gasteiger partial charge in [0, 0.05) is 19.2 Å². The first-order valence-corrected chi connectivity index (χ1v) is 10.8. The van der Waals surface area contributed by atoms with Crippen LogP contribution in [-0.2, 0) is 4.74 Å². The first-order valence-electron chi connectivity index (χ1n) is 10.8. The fourth-order valence-electron chi connectivity index (χ4n) is 4.31. The Balaban J connectivity index is 1.14. The molecule has 2 N–H and O–H groups in total. The molecule has 4 rings (SSSR count). The lowest BCUT2D eigenvalue weighted by atomic mass is 9.91. The van der Waals surface area contributed by atoms with E-state index in [1.807, 2.05) is 11.8 Å². The summed E-state index contributed by atoms with van der Waals surface area (Å²) in [6.07, 6.45) is 8.76. The summed E-state index contributed by atoms with van der Waals surface area (Å²) in [4.78, 5) is 18.3. The number of likely N-dealkylation sites (tertiary alicyclic amines) is 1. The fraction of sp³-hybridized carbons (Fsp3) is 0.667. The second kappa shape index (κ2) is 8.57. The van der Waals surface area contributed by atoms with Crippen LogP contribution >= 0.6 is 0 Å². The minimum atomic E-state index is -0.193. The van der Waals surface area contributed by atoms with Gasteiger partial charge >= 0.3 is 6.09 Å². The maximum absolute atomic E-state index is 12.2. The maximum atomic E-state index is 12.2. The molecule has 3 aliphatic rings. The van der Waals surface area contributed by atoms with Gasteiger partial charge in [-0.25, -0.2) is 14.8 Å². The van der Waals surface area contributed by atoms with E-state index >= 15 is 0 Å². The Morgan fingerprint density at radius 2 is 2.17 bits per heavy atom. The highest BCUT2D eigenvalue weighted by atomic mass is 16.6. The number of piperidine rings is 1. The first-order chi connectivity index (χ1) is 14.5. The predicted molar refractivity (Wildman–Crippen MR) is 111 cm³/mol. The van der Waals surface area contributed by atoms with Crippen LogP contribution in [0.2, 0.25) is 0 Å². The van der Waals surface area contributed by atoms with Crippen LogP contribution in [-0.4, -0.2) is 47.6 Å². The number of amides is 1. The van der Waals surface area contributed by atoms with Gasteiger partial charge in [0.05, 0.1) is 18.5 Å². The molecule has 9 heteroatoms. The number of nitrogens with zero attached hydrogens (tertiary/aromatic N) is 4. The normalized spacial score (nSPS) is 24.6. The number of aromatic nitrogens is 1. The number of anilines is 1. The number of carbonyl (C=O) groups is 1. The van der Waals surface area contributed by atoms with E-state index < -0.39 is 0 Å². The van der Waals surface area contributed by atoms with Crippen molar-refractivity contribution in [2.24, 2.45) is 23.0 Å². The molecule has 2 aliphatic carbocycles. The van der Waals surface area contributed by atoms with Crippen LogP contribution < -0.4 is 9.75 Å². The molecule has 1 aromatic heterocycles. The number of hydrogen-bond acceptors (Lipinski definition) is 7. The molecule has 0 spiro atoms. The molecule has 2 atom stereocenters. The highest BCUT2D eigenvalue weighted by molar-refractivity contribution is 5.75. The topological polar surface area (TPSA) is 115 Å². The van der Waals surface area contributed by atoms with Crippen molar-refractivity contribution in [2.75, 3.05) is 24.7 Å². The molecule has 0 radical (unpaired) electrons. The highest BCUT2D eigenvalue weighted by Gasteiger charge is 2.45. The predicted octanol–water partition coefficient (Wildman–Crippen LogP) is 4.25. The lowest BCUT2D eigenvalue weighted by Crippen LogP contribution is -2.40. The summed E-state index contributed by atoms with van der Waals surface area (Å²) in [5, 5.41) is 11.5. The summed E-state index contributed by atoms with van der Waals surface area (Å²) < 4.78 is 11.3. The summed E-state index contributed by atoms with van der Waals surface area (Å²) in [7, 11) is 0. The van der Waals surface area contributed by atoms with E-state index in [4.69, 9.17) is 20.4 Å². The van der Waals surface area contributed by atoms with Crippen LogP contribution in [0.15, 0.2) is 23.6 Å². The minimum Gasteiger partial charge on any atom is -0.478 e. The zero-order valence-corrected chi connectivity index (χ0v) is 17.4. The molecule has 3 fully saturated rings. The van der Waals surface area contributed by atoms with E-state index in [0.717, 1.165) is 62.5 Å². The van der Waals surface area contributed by atoms with Crippen molar-refractivity contribution in [2.45, 2.75) is 51.0 Å². The Kier molecular flexibility index (Phi) is 5.87. The average molecular weight is 415 g/mol. The van der Waals surface area contributed by atoms with Gasteiger partial charge in [-0.15, -0.1) is 0 Å². The van der Waals surface area contributed by atoms with Crippen LogP contribution in [0, 0.1) is 28.7 Å². The van der Waals surface area contributed by atoms with Crippen molar-refractivity contribution < 1.29 is 14.3 Å². The van der Waals surface area contributed by atoms with Crippen molar-refractivity contribution in [3.05, 3.63) is 18.3 Å². The third-order valence-electron chi connectivity index (χ3n) is 6.62. The molecule has 1 aliphatic heterocycles. The molecule has 9 nitrogen and oxygen atoms in total. The van der Waals surface area contributed by atoms with Gasteiger partial charge in [-0.2, -0.15) is 5.53 Å². The van der Waals surface area contributed by atoms with E-state index in [-0.39, 0.29) is 11.7 Å². The molecule has 2 saturated carbocycles. The van der Waals surface area contributed by atoms with E-state index in [1.54, 1.807) is 18.3 Å². The number of nitrogens with one attached hydrogen (secondary N) is 2. The third-order valence-corrected chi connectivity index (χ3v) is 6.62. The maximum Gasteiger partial charge on any atom is 0.410 e. The van der Waals surface area contributed by atoms with Gasteiger partial charge in [-0.1, -0.05) is 5.22 Å². The van der Waals surface area contributed by atoms with Gasteiger partial charge in [-0.05, 0) is 69.3 Å². The molecular formula is C21H30N6O3. The molecular weight excluding hydrogens is 384 g/mol. The van der Waals surface area contributed by atoms with Gasteiger partial charge in [0.2, 0.25) is 5.88 Å². The van der Waals surface area contributed by atoms with Crippen molar-refractivity contribution in [3.8, 4) is 5.88 Å². The van der Waals surface area contributed by atoms with Crippen molar-refractivity contribution in [3.63, 3.8) is 0 Å². The van der Waals surface area contributed by atoms with E-state index in [2.05, 4.69) is 10.2 Å². The Labute approximate surface area is 176 Å². The van der Waals surface area contributed by atoms with Gasteiger partial charge < -0.3 is 14.4 Å². The van der Waals surface area contributed by atoms with Gasteiger partial charge in [0.1, 0.15) is 11.9 Å². The van der Waals surface area contributed by atoms with Crippen LogP contribution in [0.4, 0.5) is 10.5 Å². The standard InChI is InChI=1S/C21H30N6O3/c1-21(7-8-21)30-20(28)26-9-4-15(5-10-26)18-12-16(18)6-11-29-19-3-2-17(13-24-19)27(14-22)25-23/h2-3,13-16,18,22-23H,4-12H2,1H3/t16-,18-/m1/s1. The summed E-state index contributed by atoms with van der Waals surface area (Å²) in [6.45, 7) is 4.27. The van der Waals surface area contributed by atoms with Crippen molar-refractivity contribution in [1.29, 1.82) is 10.9 Å². The van der Waals surface area contributed by atoms with Crippen LogP contribution in [0.5, 0.6) is 5.88 Å². The third kappa shape index (κ3) is 4.88. The number of ether oxygens (including phenoxy) is 2. The Bertz CT molecular complexity index is 765. The van der Waals surface area contributed by atoms with Crippen LogP contribution in [0.3, 0.4) is 0 Å². The van der Waals surface area contributed by atoms with E-state index in [9.17, 15) is 4.79 Å². The van der Waals surface area contributed by atoms with Crippen LogP contribution in [0.25, 0.3) is 0 Å². The lowest BCUT2D eigenvalue weighted by molar-refractivity contribution is 0.0473. The summed E-state index contributed by atoms with van der Waals surface area (Å²) in [5.74, 6) is 2.70. The zero-order valence-electron chi connectivity index (χ0n) is 17.4. The summed E-state index contributed by atoms with van der Waals surface area (Å²) >= 11 is 0. The summed E-state index contributed by atoms with van der Waals surface area (Å²) in [6, 6.07) is 3.46. The molecule has 162 valence electrons. The molecule has 30 heavy (non-hydrogen) atoms. The number of carbonyl (C=O) groups excluding carboxylic acids is 1. The van der Waals surface area contributed by atoms with E-state index in [1.165, 1.54) is 6.42 Å². The molecule has 0 aromatic carbocycles. The van der Waals surface area contributed by atoms with Crippen molar-refractivity contribution >= 4 is 18.1 Å². The number of hydrogen-bond donors (Lipinski definition) is 2. The molecule has 0 unspecified atom stereocenters. The molecule has 2 heterocycles. The monoisotopic (exact) mass is 414 g/mol. The van der Waals surface area contributed by atoms with Crippen LogP contribution in [0.1, 0.15) is 45.4 Å². The molecule has 0 bridgehead atoms. The average Bonchev–Trinajstić information content (AvgIpc) is 3.68. The minimum absolute atomic E-state index is 0.132. The second-order valence-electron chi connectivity index (χ2n) is 8.87. The van der Waals surface area contributed by atoms with Gasteiger partial charge in [0.25, 0.3) is 0 Å². The summed E-state index contributed by atoms with van der Waals surface area (Å²) in [5.41, 5.74) is 7.36. The first kappa shape index (κ1) is 20.6. The Morgan fingerprint density at radius 3 is 2.77 bits per heavy atom. The van der Waals surface area contributed by atoms with Gasteiger partial charge in [-0.3, -0.25) is 5.41 Å². The van der Waals surface area contributed by atoms with E-state index in [0.29, 0.717) is 30.0 Å². The van der Waals surface area contributed by atoms with Gasteiger partial charge in [0.15, 0.2) is 0 Å². The molecule has 1 aromatic rings. The van der Waals surface area contributed by atoms with Crippen molar-refractivity contribution in [1.82, 2.24) is 9.88 Å². The molecule has 1 amide bonds. The quantitative estimate of drug-likeness (QED) is 0.271. The zero-order chi connectivity index (χ0) is 21.1. The number of rotatable bonds is 9. The smallest absolute Gasteiger partial charge is 0.410 e. The largest absolute Gasteiger partial charge is 0.478 e. The fourth-order valence-corrected chi connectivity index (χ4v) is 4.31. The second-order valence-corrected chi connectivity index (χ2v) is 8.87. The Hall–Kier alpha value is -2.71. The SMILES string of the molecule is CC1(OC(=O)N2CCC([C@H]3C[C@H]3CCOc3ccc(N(C=N)N=N)cn3)CC2)CC1. The highest BCUT2D eigenvalue weighted by Crippen LogP contribution is 2.50. The lowest BCUT2D eigenvalue weighted by Gasteiger charge is -2.32. The Morgan fingerprint density at radius 1 is 1.40 bits per heavy atom.